The molecule has 0 aliphatic carbocycles. The molecule has 4 aromatic rings. The number of aromatic nitrogens is 2. The van der Waals surface area contributed by atoms with Crippen LogP contribution in [0, 0.1) is 22.3 Å². The molecule has 3 aliphatic heterocycles. The van der Waals surface area contributed by atoms with E-state index in [9.17, 15) is 13.7 Å². The Morgan fingerprint density at radius 1 is 1.22 bits per heavy atom. The van der Waals surface area contributed by atoms with Crippen molar-refractivity contribution in [1.82, 2.24) is 14.3 Å². The van der Waals surface area contributed by atoms with Gasteiger partial charge in [0.05, 0.1) is 24.3 Å². The number of rotatable bonds is 5. The molecule has 41 heavy (non-hydrogen) atoms. The molecule has 7 rings (SSSR count). The Labute approximate surface area is 236 Å². The van der Waals surface area contributed by atoms with E-state index in [-0.39, 0.29) is 28.4 Å². The molecule has 3 aliphatic rings. The lowest BCUT2D eigenvalue weighted by Crippen LogP contribution is -2.28. The SMILES string of the molecule is COc1c(F)cc(-c2c(C3=CS3(C)C#N)n(S(=O)(=O)c3ccccc3)c3ncc4c(c23)C2(CCNC2)OC4)cc1F. The van der Waals surface area contributed by atoms with Crippen LogP contribution in [0.1, 0.15) is 23.2 Å². The number of fused-ring (bicyclic) bond motifs is 4. The van der Waals surface area contributed by atoms with Gasteiger partial charge >= 0.3 is 0 Å². The molecular weight excluding hydrogens is 570 g/mol. The lowest BCUT2D eigenvalue weighted by Gasteiger charge is -2.24. The zero-order chi connectivity index (χ0) is 28.7. The molecule has 0 radical (unpaired) electrons. The standard InChI is InChI=1S/C29H24F2N4O4S2/c1-38-27-20(30)10-17(11-21(27)31)23-24-25-18(13-39-29(25)8-9-33-15-29)12-34-28(24)35(26(23)22-14-40(22,2)16-32)41(36,37)19-6-4-3-5-7-19/h3-7,10-12,14,33H,8-9,13,15H2,1-2H3. The summed E-state index contributed by atoms with van der Waals surface area (Å²) in [4.78, 5) is 5.16. The highest BCUT2D eigenvalue weighted by molar-refractivity contribution is 8.52. The largest absolute Gasteiger partial charge is 0.491 e. The number of hydrogen-bond donors (Lipinski definition) is 1. The van der Waals surface area contributed by atoms with Crippen LogP contribution >= 0.6 is 10.0 Å². The molecule has 1 fully saturated rings. The summed E-state index contributed by atoms with van der Waals surface area (Å²) in [6.07, 6.45) is 3.99. The maximum atomic E-state index is 15.2. The third-order valence-corrected chi connectivity index (χ3v) is 11.8. The van der Waals surface area contributed by atoms with Gasteiger partial charge in [-0.3, -0.25) is 0 Å². The topological polar surface area (TPSA) is 106 Å². The lowest BCUT2D eigenvalue weighted by molar-refractivity contribution is -0.0211. The van der Waals surface area contributed by atoms with Crippen LogP contribution in [0.15, 0.2) is 59.0 Å². The van der Waals surface area contributed by atoms with Gasteiger partial charge in [0.25, 0.3) is 10.0 Å². The third-order valence-electron chi connectivity index (χ3n) is 8.03. The minimum absolute atomic E-state index is 0.0162. The van der Waals surface area contributed by atoms with E-state index in [1.54, 1.807) is 36.1 Å². The summed E-state index contributed by atoms with van der Waals surface area (Å²) in [5.41, 5.74) is 1.45. The van der Waals surface area contributed by atoms with Crippen LogP contribution in [0.25, 0.3) is 27.1 Å². The van der Waals surface area contributed by atoms with Crippen molar-refractivity contribution in [2.24, 2.45) is 0 Å². The van der Waals surface area contributed by atoms with Gasteiger partial charge in [0.2, 0.25) is 0 Å². The molecule has 1 N–H and O–H groups in total. The number of nitriles is 1. The molecule has 0 amide bonds. The molecule has 1 saturated heterocycles. The molecule has 2 aromatic heterocycles. The predicted molar refractivity (Wildman–Crippen MR) is 152 cm³/mol. The summed E-state index contributed by atoms with van der Waals surface area (Å²) < 4.78 is 71.7. The van der Waals surface area contributed by atoms with Gasteiger partial charge in [-0.25, -0.2) is 26.2 Å². The van der Waals surface area contributed by atoms with Gasteiger partial charge < -0.3 is 14.8 Å². The Kier molecular flexibility index (Phi) is 5.66. The molecule has 1 spiro atoms. The van der Waals surface area contributed by atoms with Crippen LogP contribution in [-0.2, 0) is 27.0 Å². The molecule has 2 aromatic carbocycles. The van der Waals surface area contributed by atoms with Gasteiger partial charge in [0.1, 0.15) is 11.0 Å². The Hall–Kier alpha value is -3.76. The molecule has 2 atom stereocenters. The summed E-state index contributed by atoms with van der Waals surface area (Å²) in [7, 11) is -5.21. The van der Waals surface area contributed by atoms with Crippen molar-refractivity contribution in [1.29, 1.82) is 5.26 Å². The van der Waals surface area contributed by atoms with Crippen molar-refractivity contribution < 1.29 is 26.7 Å². The number of ether oxygens (including phenoxy) is 2. The second-order valence-electron chi connectivity index (χ2n) is 10.4. The maximum absolute atomic E-state index is 15.2. The summed E-state index contributed by atoms with van der Waals surface area (Å²) in [5, 5.41) is 17.8. The average Bonchev–Trinajstić information content (AvgIpc) is 3.31. The van der Waals surface area contributed by atoms with Crippen molar-refractivity contribution in [3.05, 3.63) is 82.5 Å². The zero-order valence-corrected chi connectivity index (χ0v) is 23.7. The first kappa shape index (κ1) is 26.2. The number of pyridine rings is 1. The Morgan fingerprint density at radius 2 is 1.95 bits per heavy atom. The fourth-order valence-corrected chi connectivity index (χ4v) is 9.27. The van der Waals surface area contributed by atoms with Crippen molar-refractivity contribution in [2.45, 2.75) is 23.5 Å². The molecule has 2 unspecified atom stereocenters. The Balaban J connectivity index is 1.68. The first-order valence-corrected chi connectivity index (χ1v) is 16.4. The monoisotopic (exact) mass is 594 g/mol. The van der Waals surface area contributed by atoms with E-state index >= 15 is 8.78 Å². The van der Waals surface area contributed by atoms with E-state index in [2.05, 4.69) is 15.7 Å². The molecule has 0 bridgehead atoms. The van der Waals surface area contributed by atoms with Crippen LogP contribution in [0.3, 0.4) is 0 Å². The van der Waals surface area contributed by atoms with Gasteiger partial charge in [-0.15, -0.1) is 10.0 Å². The predicted octanol–water partition coefficient (Wildman–Crippen LogP) is 5.17. The summed E-state index contributed by atoms with van der Waals surface area (Å²) in [5.74, 6) is -2.42. The first-order valence-electron chi connectivity index (χ1n) is 12.8. The molecule has 12 heteroatoms. The number of hydrogen-bond acceptors (Lipinski definition) is 7. The van der Waals surface area contributed by atoms with Crippen LogP contribution in [0.4, 0.5) is 8.78 Å². The van der Waals surface area contributed by atoms with E-state index in [1.165, 1.54) is 19.2 Å². The zero-order valence-electron chi connectivity index (χ0n) is 22.1. The highest BCUT2D eigenvalue weighted by atomic mass is 32.3. The smallest absolute Gasteiger partial charge is 0.269 e. The van der Waals surface area contributed by atoms with Crippen LogP contribution in [-0.4, -0.2) is 43.8 Å². The van der Waals surface area contributed by atoms with Crippen molar-refractivity contribution in [3.8, 4) is 22.3 Å². The van der Waals surface area contributed by atoms with Gasteiger partial charge in [0.15, 0.2) is 23.0 Å². The van der Waals surface area contributed by atoms with Crippen molar-refractivity contribution >= 4 is 36.0 Å². The third kappa shape index (κ3) is 3.63. The van der Waals surface area contributed by atoms with Gasteiger partial charge in [0, 0.05) is 39.7 Å². The minimum Gasteiger partial charge on any atom is -0.491 e. The van der Waals surface area contributed by atoms with E-state index < -0.39 is 43.0 Å². The molecule has 0 saturated carbocycles. The molecule has 5 heterocycles. The molecule has 8 nitrogen and oxygen atoms in total. The molecule has 210 valence electrons. The second-order valence-corrected chi connectivity index (χ2v) is 15.0. The van der Waals surface area contributed by atoms with Crippen molar-refractivity contribution in [3.63, 3.8) is 0 Å². The fraction of sp³-hybridized carbons (Fsp3) is 0.241. The second kappa shape index (κ2) is 8.87. The van der Waals surface area contributed by atoms with Crippen molar-refractivity contribution in [2.75, 3.05) is 26.5 Å². The highest BCUT2D eigenvalue weighted by Gasteiger charge is 2.48. The maximum Gasteiger partial charge on any atom is 0.269 e. The average molecular weight is 595 g/mol. The molecular formula is C29H24F2N4O4S2. The van der Waals surface area contributed by atoms with E-state index in [1.807, 2.05) is 0 Å². The van der Waals surface area contributed by atoms with E-state index in [4.69, 9.17) is 9.47 Å². The summed E-state index contributed by atoms with van der Waals surface area (Å²) in [6, 6.07) is 10.2. The van der Waals surface area contributed by atoms with Crippen LogP contribution < -0.4 is 10.1 Å². The van der Waals surface area contributed by atoms with Crippen LogP contribution in [0.5, 0.6) is 5.75 Å². The number of nitrogens with zero attached hydrogens (tertiary/aromatic N) is 3. The van der Waals surface area contributed by atoms with Gasteiger partial charge in [-0.2, -0.15) is 5.26 Å². The number of methoxy groups -OCH3 is 1. The van der Waals surface area contributed by atoms with Gasteiger partial charge in [-0.1, -0.05) is 18.2 Å². The normalized spacial score (nSPS) is 24.6. The summed E-state index contributed by atoms with van der Waals surface area (Å²) in [6.45, 7) is 1.43. The van der Waals surface area contributed by atoms with E-state index in [0.717, 1.165) is 27.2 Å². The van der Waals surface area contributed by atoms with Crippen LogP contribution in [0.2, 0.25) is 0 Å². The van der Waals surface area contributed by atoms with E-state index in [0.29, 0.717) is 35.4 Å². The fourth-order valence-electron chi connectivity index (χ4n) is 6.04. The minimum atomic E-state index is -4.28. The number of halogens is 2. The number of benzene rings is 2. The lowest BCUT2D eigenvalue weighted by atomic mass is 9.87. The Morgan fingerprint density at radius 3 is 2.56 bits per heavy atom. The van der Waals surface area contributed by atoms with Gasteiger partial charge in [-0.05, 0) is 54.5 Å². The highest BCUT2D eigenvalue weighted by Crippen LogP contribution is 2.73. The number of nitrogens with one attached hydrogen (secondary N) is 1. The summed E-state index contributed by atoms with van der Waals surface area (Å²) >= 11 is 0. The quantitative estimate of drug-likeness (QED) is 0.318. The number of thiocyanates is 1. The first-order chi connectivity index (χ1) is 19.6. The Bertz CT molecular complexity index is 1940.